The zero-order chi connectivity index (χ0) is 12.3. The Morgan fingerprint density at radius 1 is 1.35 bits per heavy atom. The number of hydrogen-bond acceptors (Lipinski definition) is 2. The van der Waals surface area contributed by atoms with Crippen molar-refractivity contribution in [2.45, 2.75) is 13.5 Å². The van der Waals surface area contributed by atoms with Crippen LogP contribution in [0.25, 0.3) is 11.3 Å². The van der Waals surface area contributed by atoms with Crippen LogP contribution >= 0.6 is 27.5 Å². The van der Waals surface area contributed by atoms with Gasteiger partial charge in [-0.1, -0.05) is 30.7 Å². The van der Waals surface area contributed by atoms with Gasteiger partial charge < -0.3 is 9.73 Å². The zero-order valence-electron chi connectivity index (χ0n) is 9.47. The van der Waals surface area contributed by atoms with Gasteiger partial charge in [0, 0.05) is 17.1 Å². The summed E-state index contributed by atoms with van der Waals surface area (Å²) in [6.07, 6.45) is 1.65. The van der Waals surface area contributed by atoms with Crippen molar-refractivity contribution >= 4 is 27.5 Å². The molecule has 0 saturated heterocycles. The van der Waals surface area contributed by atoms with Crippen LogP contribution in [-0.2, 0) is 6.54 Å². The summed E-state index contributed by atoms with van der Waals surface area (Å²) in [5, 5.41) is 4.01. The second-order valence-electron chi connectivity index (χ2n) is 3.68. The van der Waals surface area contributed by atoms with Crippen molar-refractivity contribution in [2.24, 2.45) is 0 Å². The number of nitrogens with one attached hydrogen (secondary N) is 1. The quantitative estimate of drug-likeness (QED) is 0.900. The van der Waals surface area contributed by atoms with Crippen LogP contribution in [0, 0.1) is 0 Å². The Labute approximate surface area is 114 Å². The third-order valence-electron chi connectivity index (χ3n) is 2.50. The van der Waals surface area contributed by atoms with Gasteiger partial charge in [-0.05, 0) is 40.2 Å². The van der Waals surface area contributed by atoms with Gasteiger partial charge in [-0.2, -0.15) is 0 Å². The smallest absolute Gasteiger partial charge is 0.148 e. The lowest BCUT2D eigenvalue weighted by Gasteiger charge is -2.06. The first-order valence-electron chi connectivity index (χ1n) is 5.45. The van der Waals surface area contributed by atoms with Crippen LogP contribution in [-0.4, -0.2) is 6.54 Å². The van der Waals surface area contributed by atoms with Crippen molar-refractivity contribution in [1.29, 1.82) is 0 Å². The molecule has 0 aliphatic carbocycles. The Bertz CT molecular complexity index is 510. The van der Waals surface area contributed by atoms with Crippen LogP contribution < -0.4 is 5.32 Å². The standard InChI is InChI=1S/C13H13BrClNO/c1-2-16-8-10-4-3-9(7-12(10)15)13-11(14)5-6-17-13/h3-7,16H,2,8H2,1H3. The molecule has 2 rings (SSSR count). The molecule has 0 aliphatic rings. The second kappa shape index (κ2) is 5.71. The highest BCUT2D eigenvalue weighted by Crippen LogP contribution is 2.31. The van der Waals surface area contributed by atoms with Gasteiger partial charge in [0.15, 0.2) is 0 Å². The molecule has 1 aromatic carbocycles. The molecule has 0 unspecified atom stereocenters. The van der Waals surface area contributed by atoms with Crippen LogP contribution in [0.2, 0.25) is 5.02 Å². The van der Waals surface area contributed by atoms with Gasteiger partial charge in [-0.3, -0.25) is 0 Å². The van der Waals surface area contributed by atoms with E-state index in [1.165, 1.54) is 0 Å². The summed E-state index contributed by atoms with van der Waals surface area (Å²) in [6.45, 7) is 3.79. The Balaban J connectivity index is 2.28. The minimum Gasteiger partial charge on any atom is -0.463 e. The molecule has 0 spiro atoms. The highest BCUT2D eigenvalue weighted by atomic mass is 79.9. The largest absolute Gasteiger partial charge is 0.463 e. The first kappa shape index (κ1) is 12.7. The summed E-state index contributed by atoms with van der Waals surface area (Å²) >= 11 is 9.68. The average Bonchev–Trinajstić information content (AvgIpc) is 2.74. The highest BCUT2D eigenvalue weighted by molar-refractivity contribution is 9.10. The number of rotatable bonds is 4. The minimum atomic E-state index is 0.756. The summed E-state index contributed by atoms with van der Waals surface area (Å²) in [5.41, 5.74) is 2.08. The molecule has 0 radical (unpaired) electrons. The molecule has 2 nitrogen and oxygen atoms in total. The average molecular weight is 315 g/mol. The summed E-state index contributed by atoms with van der Waals surface area (Å²) in [4.78, 5) is 0. The maximum atomic E-state index is 6.24. The molecule has 2 aromatic rings. The molecule has 90 valence electrons. The van der Waals surface area contributed by atoms with E-state index in [2.05, 4.69) is 28.2 Å². The van der Waals surface area contributed by atoms with E-state index in [-0.39, 0.29) is 0 Å². The van der Waals surface area contributed by atoms with E-state index in [4.69, 9.17) is 16.0 Å². The van der Waals surface area contributed by atoms with Gasteiger partial charge in [0.2, 0.25) is 0 Å². The lowest BCUT2D eigenvalue weighted by molar-refractivity contribution is 0.581. The van der Waals surface area contributed by atoms with Crippen molar-refractivity contribution in [3.05, 3.63) is 45.6 Å². The van der Waals surface area contributed by atoms with E-state index >= 15 is 0 Å². The molecule has 0 atom stereocenters. The molecule has 0 saturated carbocycles. The van der Waals surface area contributed by atoms with Gasteiger partial charge in [-0.25, -0.2) is 0 Å². The van der Waals surface area contributed by atoms with Crippen LogP contribution in [0.5, 0.6) is 0 Å². The number of halogens is 2. The van der Waals surface area contributed by atoms with Crippen molar-refractivity contribution in [3.63, 3.8) is 0 Å². The third kappa shape index (κ3) is 2.92. The molecule has 1 N–H and O–H groups in total. The third-order valence-corrected chi connectivity index (χ3v) is 3.47. The fourth-order valence-corrected chi connectivity index (χ4v) is 2.27. The van der Waals surface area contributed by atoms with E-state index in [0.717, 1.165) is 39.5 Å². The molecule has 0 fully saturated rings. The van der Waals surface area contributed by atoms with Gasteiger partial charge in [0.25, 0.3) is 0 Å². The van der Waals surface area contributed by atoms with Gasteiger partial charge in [0.1, 0.15) is 5.76 Å². The predicted octanol–water partition coefficient (Wildman–Crippen LogP) is 4.47. The molecular weight excluding hydrogens is 302 g/mol. The predicted molar refractivity (Wildman–Crippen MR) is 74.2 cm³/mol. The van der Waals surface area contributed by atoms with E-state index in [9.17, 15) is 0 Å². The summed E-state index contributed by atoms with van der Waals surface area (Å²) in [6, 6.07) is 7.84. The second-order valence-corrected chi connectivity index (χ2v) is 4.95. The maximum absolute atomic E-state index is 6.24. The molecule has 17 heavy (non-hydrogen) atoms. The van der Waals surface area contributed by atoms with Crippen LogP contribution in [0.1, 0.15) is 12.5 Å². The Morgan fingerprint density at radius 3 is 2.76 bits per heavy atom. The Morgan fingerprint density at radius 2 is 2.18 bits per heavy atom. The molecule has 4 heteroatoms. The maximum Gasteiger partial charge on any atom is 0.148 e. The monoisotopic (exact) mass is 313 g/mol. The lowest BCUT2D eigenvalue weighted by atomic mass is 10.1. The normalized spacial score (nSPS) is 10.8. The van der Waals surface area contributed by atoms with Crippen molar-refractivity contribution in [1.82, 2.24) is 5.32 Å². The van der Waals surface area contributed by atoms with Crippen molar-refractivity contribution < 1.29 is 4.42 Å². The van der Waals surface area contributed by atoms with E-state index < -0.39 is 0 Å². The Hall–Kier alpha value is -0.770. The van der Waals surface area contributed by atoms with Gasteiger partial charge in [0.05, 0.1) is 10.7 Å². The van der Waals surface area contributed by atoms with Crippen molar-refractivity contribution in [2.75, 3.05) is 6.54 Å². The molecule has 0 bridgehead atoms. The molecular formula is C13H13BrClNO. The van der Waals surface area contributed by atoms with Crippen molar-refractivity contribution in [3.8, 4) is 11.3 Å². The van der Waals surface area contributed by atoms with Crippen LogP contribution in [0.4, 0.5) is 0 Å². The van der Waals surface area contributed by atoms with E-state index in [1.807, 2.05) is 24.3 Å². The van der Waals surface area contributed by atoms with Gasteiger partial charge in [-0.15, -0.1) is 0 Å². The number of furan rings is 1. The molecule has 0 aliphatic heterocycles. The lowest BCUT2D eigenvalue weighted by Crippen LogP contribution is -2.11. The van der Waals surface area contributed by atoms with Gasteiger partial charge >= 0.3 is 0 Å². The van der Waals surface area contributed by atoms with E-state index in [1.54, 1.807) is 6.26 Å². The first-order valence-corrected chi connectivity index (χ1v) is 6.62. The first-order chi connectivity index (χ1) is 8.22. The Kier molecular flexibility index (Phi) is 4.26. The van der Waals surface area contributed by atoms with Crippen LogP contribution in [0.3, 0.4) is 0 Å². The fourth-order valence-electron chi connectivity index (χ4n) is 1.59. The molecule has 1 aromatic heterocycles. The summed E-state index contributed by atoms with van der Waals surface area (Å²) in [5.74, 6) is 0.807. The SMILES string of the molecule is CCNCc1ccc(-c2occc2Br)cc1Cl. The molecule has 1 heterocycles. The van der Waals surface area contributed by atoms with Crippen LogP contribution in [0.15, 0.2) is 39.4 Å². The fraction of sp³-hybridized carbons (Fsp3) is 0.231. The number of hydrogen-bond donors (Lipinski definition) is 1. The topological polar surface area (TPSA) is 25.2 Å². The minimum absolute atomic E-state index is 0.756. The zero-order valence-corrected chi connectivity index (χ0v) is 11.8. The number of benzene rings is 1. The molecule has 0 amide bonds. The summed E-state index contributed by atoms with van der Waals surface area (Å²) < 4.78 is 6.34. The highest BCUT2D eigenvalue weighted by Gasteiger charge is 2.09. The summed E-state index contributed by atoms with van der Waals surface area (Å²) in [7, 11) is 0. The van der Waals surface area contributed by atoms with E-state index in [0.29, 0.717) is 0 Å².